The predicted molar refractivity (Wildman–Crippen MR) is 173 cm³/mol. The number of rotatable bonds is 14. The van der Waals surface area contributed by atoms with Crippen LogP contribution in [0.3, 0.4) is 0 Å². The van der Waals surface area contributed by atoms with Crippen LogP contribution in [-0.2, 0) is 38.2 Å². The van der Waals surface area contributed by atoms with E-state index < -0.39 is 17.6 Å². The maximum absolute atomic E-state index is 13.7. The number of nitrogens with zero attached hydrogens (tertiary/aromatic N) is 3. The molecule has 1 aliphatic rings. The summed E-state index contributed by atoms with van der Waals surface area (Å²) >= 11 is 0. The molecule has 1 unspecified atom stereocenters. The second-order valence-electron chi connectivity index (χ2n) is 11.5. The number of nitrogens with one attached hydrogen (secondary N) is 4. The number of esters is 1. The Balaban J connectivity index is 1.41. The molecule has 1 fully saturated rings. The number of aryl methyl sites for hydroxylation is 1. The fourth-order valence-electron chi connectivity index (χ4n) is 5.42. The van der Waals surface area contributed by atoms with Gasteiger partial charge in [0.2, 0.25) is 5.91 Å². The molecule has 12 nitrogen and oxygen atoms in total. The summed E-state index contributed by atoms with van der Waals surface area (Å²) in [6, 6.07) is 12.9. The Bertz CT molecular complexity index is 1500. The van der Waals surface area contributed by atoms with Gasteiger partial charge in [0.25, 0.3) is 0 Å². The van der Waals surface area contributed by atoms with E-state index in [4.69, 9.17) is 19.9 Å². The molecule has 0 bridgehead atoms. The summed E-state index contributed by atoms with van der Waals surface area (Å²) in [6.45, 7) is 6.00. The lowest BCUT2D eigenvalue weighted by molar-refractivity contribution is -0.141. The molecular weight excluding hydrogens is 574 g/mol. The van der Waals surface area contributed by atoms with E-state index in [-0.39, 0.29) is 18.3 Å². The first-order valence-corrected chi connectivity index (χ1v) is 15.6. The molecule has 0 saturated carbocycles. The molecule has 12 heteroatoms. The van der Waals surface area contributed by atoms with Gasteiger partial charge in [-0.1, -0.05) is 32.3 Å². The van der Waals surface area contributed by atoms with Gasteiger partial charge in [-0.3, -0.25) is 25.6 Å². The maximum Gasteiger partial charge on any atom is 0.412 e. The van der Waals surface area contributed by atoms with Gasteiger partial charge in [0.05, 0.1) is 37.8 Å². The number of anilines is 1. The van der Waals surface area contributed by atoms with Crippen LogP contribution in [-0.4, -0.2) is 71.6 Å². The molecule has 2 heterocycles. The molecule has 3 aromatic rings. The second kappa shape index (κ2) is 15.5. The lowest BCUT2D eigenvalue weighted by Crippen LogP contribution is -2.54. The number of hydrogen-bond acceptors (Lipinski definition) is 9. The van der Waals surface area contributed by atoms with Gasteiger partial charge >= 0.3 is 12.1 Å². The van der Waals surface area contributed by atoms with Gasteiger partial charge in [-0.2, -0.15) is 0 Å². The van der Waals surface area contributed by atoms with Crippen molar-refractivity contribution in [2.45, 2.75) is 64.5 Å². The van der Waals surface area contributed by atoms with Crippen LogP contribution in [0.4, 0.5) is 10.5 Å². The molecule has 0 aliphatic carbocycles. The number of amides is 2. The summed E-state index contributed by atoms with van der Waals surface area (Å²) in [6.07, 6.45) is 5.35. The highest BCUT2D eigenvalue weighted by Crippen LogP contribution is 2.29. The number of amidine groups is 1. The third kappa shape index (κ3) is 8.39. The summed E-state index contributed by atoms with van der Waals surface area (Å²) in [7, 11) is 3.26. The fourth-order valence-corrected chi connectivity index (χ4v) is 5.42. The molecule has 1 aliphatic heterocycles. The minimum atomic E-state index is -1.13. The number of methoxy groups -OCH3 is 1. The van der Waals surface area contributed by atoms with E-state index in [1.165, 1.54) is 7.11 Å². The Kier molecular flexibility index (Phi) is 11.5. The van der Waals surface area contributed by atoms with Crippen LogP contribution in [0.15, 0.2) is 42.5 Å². The fraction of sp³-hybridized carbons (Fsp3) is 0.485. The van der Waals surface area contributed by atoms with Crippen molar-refractivity contribution in [2.24, 2.45) is 7.05 Å². The molecule has 1 atom stereocenters. The summed E-state index contributed by atoms with van der Waals surface area (Å²) in [5, 5.41) is 17.2. The molecule has 45 heavy (non-hydrogen) atoms. The predicted octanol–water partition coefficient (Wildman–Crippen LogP) is 4.42. The zero-order valence-corrected chi connectivity index (χ0v) is 26.7. The van der Waals surface area contributed by atoms with Crippen molar-refractivity contribution in [2.75, 3.05) is 38.7 Å². The normalized spacial score (nSPS) is 14.2. The highest BCUT2D eigenvalue weighted by Gasteiger charge is 2.39. The van der Waals surface area contributed by atoms with E-state index in [1.54, 1.807) is 19.1 Å². The number of unbranched alkanes of at least 4 members (excludes halogenated alkanes) is 3. The van der Waals surface area contributed by atoms with Crippen molar-refractivity contribution < 1.29 is 23.9 Å². The quantitative estimate of drug-likeness (QED) is 0.0897. The SMILES string of the molecule is CCCCCCOC(=O)NC(=N)c1ccc(NCc2nc3cc(C(C)(NCC(=O)OC)C(=O)N4CCCC4)ccc3n2C)cc1. The van der Waals surface area contributed by atoms with Gasteiger partial charge < -0.3 is 24.3 Å². The molecule has 2 amide bonds. The number of ether oxygens (including phenoxy) is 2. The van der Waals surface area contributed by atoms with Gasteiger partial charge in [-0.05, 0) is 68.1 Å². The Labute approximate surface area is 264 Å². The van der Waals surface area contributed by atoms with Crippen LogP contribution in [0.1, 0.15) is 69.3 Å². The molecule has 1 aromatic heterocycles. The van der Waals surface area contributed by atoms with Gasteiger partial charge in [-0.25, -0.2) is 9.78 Å². The Morgan fingerprint density at radius 3 is 2.47 bits per heavy atom. The minimum Gasteiger partial charge on any atom is -0.468 e. The first-order chi connectivity index (χ1) is 21.7. The summed E-state index contributed by atoms with van der Waals surface area (Å²) in [4.78, 5) is 44.3. The van der Waals surface area contributed by atoms with E-state index in [2.05, 4.69) is 22.9 Å². The third-order valence-corrected chi connectivity index (χ3v) is 8.27. The number of carbonyl (C=O) groups excluding carboxylic acids is 3. The molecular formula is C33H45N7O5. The summed E-state index contributed by atoms with van der Waals surface area (Å²) in [5.74, 6) is 0.242. The van der Waals surface area contributed by atoms with E-state index in [9.17, 15) is 14.4 Å². The van der Waals surface area contributed by atoms with Crippen molar-refractivity contribution in [1.29, 1.82) is 5.41 Å². The van der Waals surface area contributed by atoms with E-state index >= 15 is 0 Å². The monoisotopic (exact) mass is 619 g/mol. The molecule has 0 spiro atoms. The zero-order valence-electron chi connectivity index (χ0n) is 26.7. The highest BCUT2D eigenvalue weighted by atomic mass is 16.5. The van der Waals surface area contributed by atoms with Crippen molar-refractivity contribution in [3.63, 3.8) is 0 Å². The molecule has 4 rings (SSSR count). The van der Waals surface area contributed by atoms with Crippen molar-refractivity contribution in [3.05, 3.63) is 59.4 Å². The third-order valence-electron chi connectivity index (χ3n) is 8.27. The summed E-state index contributed by atoms with van der Waals surface area (Å²) in [5.41, 5.74) is 2.63. The van der Waals surface area contributed by atoms with E-state index in [0.717, 1.165) is 66.6 Å². The zero-order chi connectivity index (χ0) is 32.4. The lowest BCUT2D eigenvalue weighted by Gasteiger charge is -2.33. The highest BCUT2D eigenvalue weighted by molar-refractivity contribution is 6.04. The van der Waals surface area contributed by atoms with Crippen molar-refractivity contribution >= 4 is 40.5 Å². The first kappa shape index (κ1) is 33.4. The van der Waals surface area contributed by atoms with Crippen molar-refractivity contribution in [3.8, 4) is 0 Å². The number of benzene rings is 2. The average Bonchev–Trinajstić information content (AvgIpc) is 3.70. The molecule has 1 saturated heterocycles. The number of hydrogen-bond donors (Lipinski definition) is 4. The number of imidazole rings is 1. The van der Waals surface area contributed by atoms with Crippen LogP contribution in [0, 0.1) is 5.41 Å². The lowest BCUT2D eigenvalue weighted by atomic mass is 9.89. The Morgan fingerprint density at radius 1 is 1.04 bits per heavy atom. The van der Waals surface area contributed by atoms with Gasteiger partial charge in [0.15, 0.2) is 0 Å². The van der Waals surface area contributed by atoms with Crippen LogP contribution in [0.25, 0.3) is 11.0 Å². The largest absolute Gasteiger partial charge is 0.468 e. The van der Waals surface area contributed by atoms with Gasteiger partial charge in [0.1, 0.15) is 17.2 Å². The van der Waals surface area contributed by atoms with Gasteiger partial charge in [0, 0.05) is 31.4 Å². The Morgan fingerprint density at radius 2 is 1.78 bits per heavy atom. The topological polar surface area (TPSA) is 151 Å². The molecule has 0 radical (unpaired) electrons. The molecule has 242 valence electrons. The molecule has 2 aromatic carbocycles. The first-order valence-electron chi connectivity index (χ1n) is 15.6. The smallest absolute Gasteiger partial charge is 0.412 e. The minimum absolute atomic E-state index is 0.0254. The number of likely N-dealkylation sites (tertiary alicyclic amines) is 1. The van der Waals surface area contributed by atoms with Crippen LogP contribution in [0.5, 0.6) is 0 Å². The van der Waals surface area contributed by atoms with Crippen LogP contribution in [0.2, 0.25) is 0 Å². The van der Waals surface area contributed by atoms with Crippen molar-refractivity contribution in [1.82, 2.24) is 25.1 Å². The van der Waals surface area contributed by atoms with Crippen LogP contribution >= 0.6 is 0 Å². The number of carbonyl (C=O) groups is 3. The van der Waals surface area contributed by atoms with Crippen LogP contribution < -0.4 is 16.0 Å². The number of fused-ring (bicyclic) bond motifs is 1. The van der Waals surface area contributed by atoms with E-state index in [1.807, 2.05) is 46.8 Å². The van der Waals surface area contributed by atoms with Gasteiger partial charge in [-0.15, -0.1) is 0 Å². The maximum atomic E-state index is 13.7. The Hall–Kier alpha value is -4.45. The number of aromatic nitrogens is 2. The van der Waals surface area contributed by atoms with E-state index in [0.29, 0.717) is 31.8 Å². The average molecular weight is 620 g/mol. The summed E-state index contributed by atoms with van der Waals surface area (Å²) < 4.78 is 12.0. The number of alkyl carbamates (subject to hydrolysis) is 1. The standard InChI is InChI=1S/C33H45N7O5/c1-5-6-7-10-19-45-32(43)38-30(34)23-11-14-25(15-12-23)35-21-28-37-26-20-24(13-16-27(26)39(28)3)33(2,36-22-29(41)44-4)31(42)40-17-8-9-18-40/h11-16,20,35-36H,5-10,17-19,21-22H2,1-4H3,(H2,34,38,43). The molecule has 4 N–H and O–H groups in total. The second-order valence-corrected chi connectivity index (χ2v) is 11.5.